The number of piperidine rings is 1. The number of sulfonamides is 1. The van der Waals surface area contributed by atoms with Crippen LogP contribution in [0.5, 0.6) is 0 Å². The van der Waals surface area contributed by atoms with Crippen LogP contribution < -0.4 is 5.73 Å². The lowest BCUT2D eigenvalue weighted by Gasteiger charge is -2.39. The average molecular weight is 327 g/mol. The van der Waals surface area contributed by atoms with Gasteiger partial charge in [0, 0.05) is 18.8 Å². The number of aromatic nitrogens is 1. The Morgan fingerprint density at radius 2 is 2.05 bits per heavy atom. The van der Waals surface area contributed by atoms with Crippen molar-refractivity contribution in [2.24, 2.45) is 17.6 Å². The zero-order valence-electron chi connectivity index (χ0n) is 12.5. The monoisotopic (exact) mass is 327 g/mol. The number of nitrogens with zero attached hydrogens (tertiary/aromatic N) is 2. The topological polar surface area (TPSA) is 76.3 Å². The lowest BCUT2D eigenvalue weighted by Crippen LogP contribution is -2.48. The van der Waals surface area contributed by atoms with E-state index >= 15 is 0 Å². The van der Waals surface area contributed by atoms with Crippen LogP contribution in [0, 0.1) is 11.8 Å². The van der Waals surface area contributed by atoms with Crippen molar-refractivity contribution in [3.05, 3.63) is 24.0 Å². The van der Waals surface area contributed by atoms with Crippen LogP contribution in [-0.4, -0.2) is 35.3 Å². The highest BCUT2D eigenvalue weighted by molar-refractivity contribution is 7.89. The Labute approximate surface area is 131 Å². The van der Waals surface area contributed by atoms with Crippen molar-refractivity contribution < 1.29 is 8.42 Å². The fourth-order valence-corrected chi connectivity index (χ4v) is 4.71. The number of thiocarbonyl (C=S) groups is 1. The van der Waals surface area contributed by atoms with E-state index in [1.807, 2.05) is 6.92 Å². The summed E-state index contributed by atoms with van der Waals surface area (Å²) in [5.74, 6) is 0.696. The van der Waals surface area contributed by atoms with Gasteiger partial charge < -0.3 is 5.73 Å². The minimum absolute atomic E-state index is 0.0125. The van der Waals surface area contributed by atoms with E-state index in [0.717, 1.165) is 6.42 Å². The molecule has 2 N–H and O–H groups in total. The molecule has 1 fully saturated rings. The van der Waals surface area contributed by atoms with Crippen molar-refractivity contribution in [2.45, 2.75) is 38.1 Å². The molecule has 2 heterocycles. The minimum Gasteiger partial charge on any atom is -0.388 e. The first kappa shape index (κ1) is 16.3. The van der Waals surface area contributed by atoms with E-state index < -0.39 is 10.0 Å². The van der Waals surface area contributed by atoms with E-state index in [-0.39, 0.29) is 15.9 Å². The van der Waals surface area contributed by atoms with Gasteiger partial charge in [0.05, 0.1) is 5.69 Å². The Kier molecular flexibility index (Phi) is 4.65. The average Bonchev–Trinajstić information content (AvgIpc) is 2.42. The first-order valence-electron chi connectivity index (χ1n) is 7.01. The van der Waals surface area contributed by atoms with Crippen molar-refractivity contribution in [3.63, 3.8) is 0 Å². The summed E-state index contributed by atoms with van der Waals surface area (Å²) in [5.41, 5.74) is 5.91. The Morgan fingerprint density at radius 1 is 1.38 bits per heavy atom. The van der Waals surface area contributed by atoms with E-state index in [1.165, 1.54) is 12.3 Å². The fourth-order valence-electron chi connectivity index (χ4n) is 2.79. The zero-order valence-corrected chi connectivity index (χ0v) is 14.1. The second kappa shape index (κ2) is 5.98. The highest BCUT2D eigenvalue weighted by atomic mass is 32.2. The molecule has 0 aliphatic carbocycles. The molecule has 1 aromatic rings. The molecule has 116 valence electrons. The molecule has 3 atom stereocenters. The summed E-state index contributed by atoms with van der Waals surface area (Å²) < 4.78 is 27.2. The van der Waals surface area contributed by atoms with Gasteiger partial charge in [0.2, 0.25) is 10.0 Å². The number of nitrogens with two attached hydrogens (primary N) is 1. The van der Waals surface area contributed by atoms with Crippen LogP contribution >= 0.6 is 12.2 Å². The lowest BCUT2D eigenvalue weighted by atomic mass is 9.88. The molecule has 21 heavy (non-hydrogen) atoms. The molecular formula is C14H21N3O2S2. The SMILES string of the molecule is CC1CC(C)C(C)N(S(=O)(=O)c2ccc(C(N)=S)nc2)C1. The predicted octanol–water partition coefficient (Wildman–Crippen LogP) is 1.77. The third-order valence-corrected chi connectivity index (χ3v) is 6.28. The molecule has 1 aromatic heterocycles. The second-order valence-electron chi connectivity index (χ2n) is 5.88. The predicted molar refractivity (Wildman–Crippen MR) is 86.4 cm³/mol. The van der Waals surface area contributed by atoms with E-state index in [9.17, 15) is 8.42 Å². The van der Waals surface area contributed by atoms with Crippen molar-refractivity contribution in [1.82, 2.24) is 9.29 Å². The van der Waals surface area contributed by atoms with E-state index in [4.69, 9.17) is 18.0 Å². The highest BCUT2D eigenvalue weighted by Crippen LogP contribution is 2.31. The molecule has 0 saturated carbocycles. The van der Waals surface area contributed by atoms with Gasteiger partial charge in [0.25, 0.3) is 0 Å². The van der Waals surface area contributed by atoms with Crippen molar-refractivity contribution >= 4 is 27.2 Å². The van der Waals surface area contributed by atoms with Crippen molar-refractivity contribution in [1.29, 1.82) is 0 Å². The summed E-state index contributed by atoms with van der Waals surface area (Å²) >= 11 is 4.83. The van der Waals surface area contributed by atoms with Gasteiger partial charge in [-0.1, -0.05) is 26.1 Å². The van der Waals surface area contributed by atoms with Gasteiger partial charge in [0.1, 0.15) is 9.88 Å². The van der Waals surface area contributed by atoms with E-state index in [2.05, 4.69) is 18.8 Å². The maximum atomic E-state index is 12.8. The minimum atomic E-state index is -3.53. The quantitative estimate of drug-likeness (QED) is 0.856. The molecule has 5 nitrogen and oxygen atoms in total. The van der Waals surface area contributed by atoms with Crippen molar-refractivity contribution in [3.8, 4) is 0 Å². The van der Waals surface area contributed by atoms with Gasteiger partial charge in [-0.2, -0.15) is 4.31 Å². The van der Waals surface area contributed by atoms with Crippen molar-refractivity contribution in [2.75, 3.05) is 6.54 Å². The molecular weight excluding hydrogens is 306 g/mol. The van der Waals surface area contributed by atoms with Crippen LogP contribution in [0.15, 0.2) is 23.2 Å². The number of hydrogen-bond donors (Lipinski definition) is 1. The molecule has 0 bridgehead atoms. The highest BCUT2D eigenvalue weighted by Gasteiger charge is 2.37. The van der Waals surface area contributed by atoms with Gasteiger partial charge in [-0.05, 0) is 37.3 Å². The van der Waals surface area contributed by atoms with Gasteiger partial charge in [-0.3, -0.25) is 4.98 Å². The molecule has 0 aromatic carbocycles. The Hall–Kier alpha value is -1.05. The van der Waals surface area contributed by atoms with Gasteiger partial charge in [0.15, 0.2) is 0 Å². The molecule has 1 saturated heterocycles. The van der Waals surface area contributed by atoms with Gasteiger partial charge in [-0.25, -0.2) is 8.42 Å². The first-order valence-corrected chi connectivity index (χ1v) is 8.86. The van der Waals surface area contributed by atoms with E-state index in [0.29, 0.717) is 24.1 Å². The normalized spacial score (nSPS) is 27.5. The third-order valence-electron chi connectivity index (χ3n) is 4.14. The summed E-state index contributed by atoms with van der Waals surface area (Å²) in [7, 11) is -3.53. The van der Waals surface area contributed by atoms with Crippen LogP contribution in [0.4, 0.5) is 0 Å². The third kappa shape index (κ3) is 3.25. The maximum Gasteiger partial charge on any atom is 0.244 e. The largest absolute Gasteiger partial charge is 0.388 e. The Morgan fingerprint density at radius 3 is 2.57 bits per heavy atom. The summed E-state index contributed by atoms with van der Waals surface area (Å²) in [5, 5.41) is 0. The van der Waals surface area contributed by atoms with Gasteiger partial charge >= 0.3 is 0 Å². The summed E-state index contributed by atoms with van der Waals surface area (Å²) in [4.78, 5) is 4.38. The van der Waals surface area contributed by atoms with Gasteiger partial charge in [-0.15, -0.1) is 0 Å². The molecule has 0 amide bonds. The number of hydrogen-bond acceptors (Lipinski definition) is 4. The van der Waals surface area contributed by atoms with Crippen LogP contribution in [-0.2, 0) is 10.0 Å². The molecule has 0 spiro atoms. The number of pyridine rings is 1. The number of rotatable bonds is 3. The summed E-state index contributed by atoms with van der Waals surface area (Å²) in [6, 6.07) is 3.06. The van der Waals surface area contributed by atoms with Crippen LogP contribution in [0.25, 0.3) is 0 Å². The maximum absolute atomic E-state index is 12.8. The lowest BCUT2D eigenvalue weighted by molar-refractivity contribution is 0.157. The molecule has 1 aliphatic rings. The molecule has 1 aliphatic heterocycles. The van der Waals surface area contributed by atoms with Crippen LogP contribution in [0.2, 0.25) is 0 Å². The Balaban J connectivity index is 2.34. The van der Waals surface area contributed by atoms with Crippen LogP contribution in [0.3, 0.4) is 0 Å². The summed E-state index contributed by atoms with van der Waals surface area (Å²) in [6.45, 7) is 6.69. The molecule has 0 radical (unpaired) electrons. The zero-order chi connectivity index (χ0) is 15.8. The smallest absolute Gasteiger partial charge is 0.244 e. The fraction of sp³-hybridized carbons (Fsp3) is 0.571. The molecule has 3 unspecified atom stereocenters. The first-order chi connectivity index (χ1) is 9.73. The standard InChI is InChI=1S/C14H21N3O2S2/c1-9-6-10(2)11(3)17(8-9)21(18,19)12-4-5-13(14(15)20)16-7-12/h4-5,7,9-11H,6,8H2,1-3H3,(H2,15,20). The Bertz CT molecular complexity index is 628. The van der Waals surface area contributed by atoms with E-state index in [1.54, 1.807) is 10.4 Å². The summed E-state index contributed by atoms with van der Waals surface area (Å²) in [6.07, 6.45) is 2.38. The molecule has 7 heteroatoms. The van der Waals surface area contributed by atoms with Crippen LogP contribution in [0.1, 0.15) is 32.9 Å². The molecule has 2 rings (SSSR count). The second-order valence-corrected chi connectivity index (χ2v) is 8.21.